The molecule has 0 aliphatic carbocycles. The largest absolute Gasteiger partial charge is 0.493 e. The Morgan fingerprint density at radius 1 is 0.929 bits per heavy atom. The zero-order valence-corrected chi connectivity index (χ0v) is 17.3. The van der Waals surface area contributed by atoms with Gasteiger partial charge in [-0.05, 0) is 47.9 Å². The van der Waals surface area contributed by atoms with Crippen LogP contribution < -0.4 is 14.8 Å². The van der Waals surface area contributed by atoms with Gasteiger partial charge in [-0.2, -0.15) is 0 Å². The van der Waals surface area contributed by atoms with E-state index in [0.29, 0.717) is 37.6 Å². The van der Waals surface area contributed by atoms with E-state index in [4.69, 9.17) is 9.47 Å². The Morgan fingerprint density at radius 2 is 1.68 bits per heavy atom. The van der Waals surface area contributed by atoms with E-state index in [1.54, 1.807) is 13.2 Å². The molecule has 0 spiro atoms. The summed E-state index contributed by atoms with van der Waals surface area (Å²) in [7, 11) is 1.63. The second-order valence-electron chi connectivity index (χ2n) is 6.39. The van der Waals surface area contributed by atoms with Crippen molar-refractivity contribution in [3.8, 4) is 11.5 Å². The number of rotatable bonds is 9. The summed E-state index contributed by atoms with van der Waals surface area (Å²) in [6, 6.07) is 20.8. The topological polar surface area (TPSA) is 30.5 Å². The van der Waals surface area contributed by atoms with Gasteiger partial charge in [0, 0.05) is 11.0 Å². The molecule has 0 saturated heterocycles. The molecule has 3 rings (SSSR count). The van der Waals surface area contributed by atoms with Crippen molar-refractivity contribution in [3.63, 3.8) is 0 Å². The monoisotopic (exact) mass is 443 g/mol. The van der Waals surface area contributed by atoms with Crippen molar-refractivity contribution in [3.05, 3.63) is 93.7 Å². The molecule has 1 N–H and O–H groups in total. The fraction of sp³-hybridized carbons (Fsp3) is 0.217. The van der Waals surface area contributed by atoms with Crippen molar-refractivity contribution in [1.82, 2.24) is 5.32 Å². The fourth-order valence-electron chi connectivity index (χ4n) is 2.87. The summed E-state index contributed by atoms with van der Waals surface area (Å²) in [4.78, 5) is 0. The number of hydrogen-bond donors (Lipinski definition) is 1. The van der Waals surface area contributed by atoms with Gasteiger partial charge in [0.1, 0.15) is 12.4 Å². The number of nitrogens with one attached hydrogen (secondary N) is 1. The van der Waals surface area contributed by atoms with Gasteiger partial charge in [0.15, 0.2) is 11.5 Å². The molecule has 146 valence electrons. The van der Waals surface area contributed by atoms with Crippen LogP contribution in [0.15, 0.2) is 71.2 Å². The van der Waals surface area contributed by atoms with Crippen LogP contribution in [-0.4, -0.2) is 13.7 Å². The van der Waals surface area contributed by atoms with Gasteiger partial charge in [-0.25, -0.2) is 4.39 Å². The van der Waals surface area contributed by atoms with Crippen LogP contribution in [0, 0.1) is 5.82 Å². The van der Waals surface area contributed by atoms with E-state index >= 15 is 0 Å². The van der Waals surface area contributed by atoms with Crippen LogP contribution in [0.2, 0.25) is 0 Å². The molecule has 0 radical (unpaired) electrons. The number of hydrogen-bond acceptors (Lipinski definition) is 3. The molecule has 0 fully saturated rings. The van der Waals surface area contributed by atoms with Gasteiger partial charge in [-0.15, -0.1) is 0 Å². The van der Waals surface area contributed by atoms with Crippen LogP contribution in [-0.2, 0) is 19.6 Å². The SMILES string of the molecule is COc1cc(CNCCc2ccccc2F)c(Br)cc1OCc1ccccc1. The van der Waals surface area contributed by atoms with Gasteiger partial charge in [-0.3, -0.25) is 0 Å². The molecule has 0 atom stereocenters. The molecule has 0 aromatic heterocycles. The van der Waals surface area contributed by atoms with Crippen LogP contribution in [0.1, 0.15) is 16.7 Å². The van der Waals surface area contributed by atoms with E-state index in [0.717, 1.165) is 21.2 Å². The summed E-state index contributed by atoms with van der Waals surface area (Å²) in [5.74, 6) is 1.21. The van der Waals surface area contributed by atoms with Gasteiger partial charge >= 0.3 is 0 Å². The number of halogens is 2. The third-order valence-electron chi connectivity index (χ3n) is 4.41. The van der Waals surface area contributed by atoms with Crippen LogP contribution in [0.4, 0.5) is 4.39 Å². The number of benzene rings is 3. The average molecular weight is 444 g/mol. The summed E-state index contributed by atoms with van der Waals surface area (Å²) in [6.07, 6.45) is 0.639. The summed E-state index contributed by atoms with van der Waals surface area (Å²) in [5.41, 5.74) is 2.87. The van der Waals surface area contributed by atoms with Gasteiger partial charge in [0.2, 0.25) is 0 Å². The average Bonchev–Trinajstić information content (AvgIpc) is 2.72. The van der Waals surface area contributed by atoms with Gasteiger partial charge in [0.25, 0.3) is 0 Å². The Bertz CT molecular complexity index is 902. The minimum Gasteiger partial charge on any atom is -0.493 e. The summed E-state index contributed by atoms with van der Waals surface area (Å²) >= 11 is 3.61. The predicted molar refractivity (Wildman–Crippen MR) is 113 cm³/mol. The van der Waals surface area contributed by atoms with Gasteiger partial charge < -0.3 is 14.8 Å². The lowest BCUT2D eigenvalue weighted by atomic mass is 10.1. The predicted octanol–water partition coefficient (Wildman–Crippen LogP) is 5.51. The molecule has 0 heterocycles. The van der Waals surface area contributed by atoms with E-state index in [-0.39, 0.29) is 5.82 Å². The highest BCUT2D eigenvalue weighted by Gasteiger charge is 2.11. The first-order valence-corrected chi connectivity index (χ1v) is 9.94. The zero-order valence-electron chi connectivity index (χ0n) is 15.8. The van der Waals surface area contributed by atoms with Gasteiger partial charge in [-0.1, -0.05) is 64.5 Å². The molecule has 0 aliphatic rings. The van der Waals surface area contributed by atoms with Crippen LogP contribution in [0.25, 0.3) is 0 Å². The smallest absolute Gasteiger partial charge is 0.162 e. The van der Waals surface area contributed by atoms with Crippen molar-refractivity contribution in [2.45, 2.75) is 19.6 Å². The maximum Gasteiger partial charge on any atom is 0.162 e. The Balaban J connectivity index is 1.58. The Labute approximate surface area is 173 Å². The molecule has 28 heavy (non-hydrogen) atoms. The maximum atomic E-state index is 13.7. The first-order valence-electron chi connectivity index (χ1n) is 9.14. The molecule has 3 aromatic rings. The van der Waals surface area contributed by atoms with E-state index in [1.807, 2.05) is 54.6 Å². The lowest BCUT2D eigenvalue weighted by Gasteiger charge is -2.14. The van der Waals surface area contributed by atoms with Crippen molar-refractivity contribution in [2.75, 3.05) is 13.7 Å². The van der Waals surface area contributed by atoms with E-state index < -0.39 is 0 Å². The zero-order chi connectivity index (χ0) is 19.8. The Morgan fingerprint density at radius 3 is 2.43 bits per heavy atom. The highest BCUT2D eigenvalue weighted by Crippen LogP contribution is 2.34. The van der Waals surface area contributed by atoms with Crippen LogP contribution >= 0.6 is 15.9 Å². The van der Waals surface area contributed by atoms with Gasteiger partial charge in [0.05, 0.1) is 7.11 Å². The van der Waals surface area contributed by atoms with Crippen LogP contribution in [0.3, 0.4) is 0 Å². The first-order chi connectivity index (χ1) is 13.7. The molecule has 5 heteroatoms. The summed E-state index contributed by atoms with van der Waals surface area (Å²) < 4.78 is 26.0. The third-order valence-corrected chi connectivity index (χ3v) is 5.15. The number of ether oxygens (including phenoxy) is 2. The van der Waals surface area contributed by atoms with E-state index in [1.165, 1.54) is 6.07 Å². The fourth-order valence-corrected chi connectivity index (χ4v) is 3.33. The second-order valence-corrected chi connectivity index (χ2v) is 7.24. The van der Waals surface area contributed by atoms with Crippen molar-refractivity contribution >= 4 is 15.9 Å². The summed E-state index contributed by atoms with van der Waals surface area (Å²) in [5, 5.41) is 3.35. The quantitative estimate of drug-likeness (QED) is 0.442. The van der Waals surface area contributed by atoms with Crippen molar-refractivity contribution in [2.24, 2.45) is 0 Å². The number of methoxy groups -OCH3 is 1. The highest BCUT2D eigenvalue weighted by atomic mass is 79.9. The minimum atomic E-state index is -0.160. The first kappa shape index (κ1) is 20.4. The standard InChI is InChI=1S/C23H23BrFNO2/c1-27-22-13-19(15-26-12-11-18-9-5-6-10-21(18)25)20(24)14-23(22)28-16-17-7-3-2-4-8-17/h2-10,13-14,26H,11-12,15-16H2,1H3. The molecule has 0 saturated carbocycles. The Hall–Kier alpha value is -2.37. The molecular weight excluding hydrogens is 421 g/mol. The second kappa shape index (κ2) is 10.2. The maximum absolute atomic E-state index is 13.7. The molecule has 3 nitrogen and oxygen atoms in total. The third kappa shape index (κ3) is 5.57. The Kier molecular flexibility index (Phi) is 7.46. The molecule has 3 aromatic carbocycles. The molecule has 0 unspecified atom stereocenters. The normalized spacial score (nSPS) is 10.7. The molecule has 0 amide bonds. The van der Waals surface area contributed by atoms with E-state index in [9.17, 15) is 4.39 Å². The summed E-state index contributed by atoms with van der Waals surface area (Å²) in [6.45, 7) is 1.80. The lowest BCUT2D eigenvalue weighted by molar-refractivity contribution is 0.284. The molecule has 0 aliphatic heterocycles. The minimum absolute atomic E-state index is 0.160. The lowest BCUT2D eigenvalue weighted by Crippen LogP contribution is -2.17. The highest BCUT2D eigenvalue weighted by molar-refractivity contribution is 9.10. The molecular formula is C23H23BrFNO2. The van der Waals surface area contributed by atoms with E-state index in [2.05, 4.69) is 21.2 Å². The van der Waals surface area contributed by atoms with Crippen molar-refractivity contribution in [1.29, 1.82) is 0 Å². The van der Waals surface area contributed by atoms with Crippen molar-refractivity contribution < 1.29 is 13.9 Å². The molecule has 0 bridgehead atoms. The van der Waals surface area contributed by atoms with Crippen LogP contribution in [0.5, 0.6) is 11.5 Å².